The molecule has 0 fully saturated rings. The molecule has 8 nitrogen and oxygen atoms in total. The number of aromatic nitrogens is 1. The molecule has 3 aromatic carbocycles. The topological polar surface area (TPSA) is 94.9 Å². The minimum absolute atomic E-state index is 0.148. The fraction of sp³-hybridized carbons (Fsp3) is 0.160. The number of amides is 1. The van der Waals surface area contributed by atoms with Crippen LogP contribution in [0.4, 0.5) is 5.69 Å². The second-order valence-corrected chi connectivity index (χ2v) is 7.80. The number of hydrogen-bond donors (Lipinski definition) is 2. The van der Waals surface area contributed by atoms with Gasteiger partial charge in [-0.15, -0.1) is 0 Å². The molecule has 0 unspecified atom stereocenters. The van der Waals surface area contributed by atoms with Crippen LogP contribution in [0.3, 0.4) is 0 Å². The second-order valence-electron chi connectivity index (χ2n) is 7.39. The van der Waals surface area contributed by atoms with E-state index in [0.29, 0.717) is 45.5 Å². The van der Waals surface area contributed by atoms with Gasteiger partial charge in [0.25, 0.3) is 5.91 Å². The van der Waals surface area contributed by atoms with Crippen LogP contribution in [0.1, 0.15) is 15.9 Å². The fourth-order valence-corrected chi connectivity index (χ4v) is 3.52. The van der Waals surface area contributed by atoms with E-state index in [0.717, 1.165) is 11.1 Å². The third-order valence-electron chi connectivity index (χ3n) is 5.17. The van der Waals surface area contributed by atoms with Crippen LogP contribution in [0.15, 0.2) is 59.0 Å². The van der Waals surface area contributed by atoms with Crippen LogP contribution in [-0.4, -0.2) is 37.3 Å². The highest BCUT2D eigenvalue weighted by atomic mass is 32.1. The summed E-state index contributed by atoms with van der Waals surface area (Å²) in [5.74, 6) is 1.78. The first kappa shape index (κ1) is 23.1. The summed E-state index contributed by atoms with van der Waals surface area (Å²) < 4.78 is 21.6. The summed E-state index contributed by atoms with van der Waals surface area (Å²) in [5.41, 5.74) is 4.11. The van der Waals surface area contributed by atoms with Crippen molar-refractivity contribution in [2.75, 3.05) is 26.6 Å². The zero-order valence-electron chi connectivity index (χ0n) is 19.1. The van der Waals surface area contributed by atoms with E-state index in [1.807, 2.05) is 43.3 Å². The standard InChI is InChI=1S/C25H23N3O5S/c1-14-5-6-15(24-26-21-13-17(30-2)7-8-22(21)33-24)11-20(14)27-25(34)28-23(29)16-9-18(31-3)12-19(10-16)32-4/h5-13H,1-4H3,(H2,27,28,29,34). The molecule has 0 saturated carbocycles. The highest BCUT2D eigenvalue weighted by molar-refractivity contribution is 7.80. The van der Waals surface area contributed by atoms with Gasteiger partial charge < -0.3 is 23.9 Å². The number of hydrogen-bond acceptors (Lipinski definition) is 7. The van der Waals surface area contributed by atoms with Gasteiger partial charge >= 0.3 is 0 Å². The van der Waals surface area contributed by atoms with E-state index >= 15 is 0 Å². The minimum atomic E-state index is -0.392. The van der Waals surface area contributed by atoms with E-state index in [2.05, 4.69) is 15.6 Å². The van der Waals surface area contributed by atoms with E-state index in [-0.39, 0.29) is 5.11 Å². The van der Waals surface area contributed by atoms with Crippen molar-refractivity contribution < 1.29 is 23.4 Å². The molecular weight excluding hydrogens is 454 g/mol. The van der Waals surface area contributed by atoms with Gasteiger partial charge in [-0.2, -0.15) is 0 Å². The SMILES string of the molecule is COc1cc(OC)cc(C(=O)NC(=S)Nc2cc(-c3nc4cc(OC)ccc4o3)ccc2C)c1. The Morgan fingerprint density at radius 3 is 2.29 bits per heavy atom. The zero-order valence-corrected chi connectivity index (χ0v) is 19.9. The molecule has 0 spiro atoms. The maximum absolute atomic E-state index is 12.7. The molecule has 0 saturated heterocycles. The first-order valence-corrected chi connectivity index (χ1v) is 10.7. The molecule has 1 heterocycles. The number of methoxy groups -OCH3 is 3. The predicted molar refractivity (Wildman–Crippen MR) is 134 cm³/mol. The van der Waals surface area contributed by atoms with Gasteiger partial charge in [-0.1, -0.05) is 6.07 Å². The fourth-order valence-electron chi connectivity index (χ4n) is 3.31. The number of nitrogens with zero attached hydrogens (tertiary/aromatic N) is 1. The summed E-state index contributed by atoms with van der Waals surface area (Å²) in [6, 6.07) is 16.0. The number of rotatable bonds is 6. The summed E-state index contributed by atoms with van der Waals surface area (Å²) >= 11 is 5.38. The van der Waals surface area contributed by atoms with E-state index in [9.17, 15) is 4.79 Å². The Morgan fingerprint density at radius 1 is 0.912 bits per heavy atom. The largest absolute Gasteiger partial charge is 0.497 e. The van der Waals surface area contributed by atoms with Crippen molar-refractivity contribution >= 4 is 40.0 Å². The van der Waals surface area contributed by atoms with E-state index in [1.165, 1.54) is 14.2 Å². The normalized spacial score (nSPS) is 10.6. The van der Waals surface area contributed by atoms with Crippen molar-refractivity contribution in [1.29, 1.82) is 0 Å². The van der Waals surface area contributed by atoms with E-state index in [1.54, 1.807) is 25.3 Å². The Balaban J connectivity index is 1.52. The Hall–Kier alpha value is -4.11. The van der Waals surface area contributed by atoms with Gasteiger partial charge in [0.2, 0.25) is 5.89 Å². The molecule has 4 rings (SSSR count). The molecule has 34 heavy (non-hydrogen) atoms. The molecule has 1 aromatic heterocycles. The van der Waals surface area contributed by atoms with Crippen LogP contribution in [-0.2, 0) is 0 Å². The number of anilines is 1. The number of nitrogens with one attached hydrogen (secondary N) is 2. The molecule has 9 heteroatoms. The number of oxazole rings is 1. The monoisotopic (exact) mass is 477 g/mol. The molecule has 0 aliphatic heterocycles. The quantitative estimate of drug-likeness (QED) is 0.377. The lowest BCUT2D eigenvalue weighted by Crippen LogP contribution is -2.34. The number of fused-ring (bicyclic) bond motifs is 1. The maximum atomic E-state index is 12.7. The molecule has 174 valence electrons. The van der Waals surface area contributed by atoms with Crippen LogP contribution in [0, 0.1) is 6.92 Å². The molecule has 0 bridgehead atoms. The van der Waals surface area contributed by atoms with E-state index in [4.69, 9.17) is 30.8 Å². The van der Waals surface area contributed by atoms with Crippen molar-refractivity contribution in [1.82, 2.24) is 10.3 Å². The number of carbonyl (C=O) groups is 1. The number of aryl methyl sites for hydroxylation is 1. The maximum Gasteiger partial charge on any atom is 0.257 e. The molecule has 2 N–H and O–H groups in total. The van der Waals surface area contributed by atoms with Gasteiger partial charge in [-0.05, 0) is 61.1 Å². The average Bonchev–Trinajstić information content (AvgIpc) is 3.28. The van der Waals surface area contributed by atoms with Crippen LogP contribution < -0.4 is 24.8 Å². The molecule has 0 radical (unpaired) electrons. The summed E-state index contributed by atoms with van der Waals surface area (Å²) in [4.78, 5) is 17.3. The lowest BCUT2D eigenvalue weighted by atomic mass is 10.1. The van der Waals surface area contributed by atoms with Crippen LogP contribution in [0.5, 0.6) is 17.2 Å². The van der Waals surface area contributed by atoms with Crippen LogP contribution in [0.2, 0.25) is 0 Å². The molecule has 1 amide bonds. The van der Waals surface area contributed by atoms with Gasteiger partial charge in [0, 0.05) is 28.9 Å². The Morgan fingerprint density at radius 2 is 1.62 bits per heavy atom. The van der Waals surface area contributed by atoms with Crippen LogP contribution >= 0.6 is 12.2 Å². The molecule has 0 atom stereocenters. The number of ether oxygens (including phenoxy) is 3. The van der Waals surface area contributed by atoms with Crippen LogP contribution in [0.25, 0.3) is 22.6 Å². The molecular formula is C25H23N3O5S. The first-order chi connectivity index (χ1) is 16.4. The van der Waals surface area contributed by atoms with Gasteiger partial charge in [0.1, 0.15) is 22.8 Å². The second kappa shape index (κ2) is 9.80. The smallest absolute Gasteiger partial charge is 0.257 e. The van der Waals surface area contributed by atoms with E-state index < -0.39 is 5.91 Å². The van der Waals surface area contributed by atoms with Crippen molar-refractivity contribution in [3.05, 3.63) is 65.7 Å². The Bertz CT molecular complexity index is 1360. The minimum Gasteiger partial charge on any atom is -0.497 e. The summed E-state index contributed by atoms with van der Waals surface area (Å²) in [6.07, 6.45) is 0. The van der Waals surface area contributed by atoms with Crippen molar-refractivity contribution in [3.8, 4) is 28.7 Å². The predicted octanol–water partition coefficient (Wildman–Crippen LogP) is 4.96. The first-order valence-electron chi connectivity index (χ1n) is 10.3. The number of benzene rings is 3. The zero-order chi connectivity index (χ0) is 24.2. The van der Waals surface area contributed by atoms with Gasteiger partial charge in [0.05, 0.1) is 21.3 Å². The molecule has 0 aliphatic rings. The highest BCUT2D eigenvalue weighted by Crippen LogP contribution is 2.29. The molecule has 0 aliphatic carbocycles. The highest BCUT2D eigenvalue weighted by Gasteiger charge is 2.14. The Labute approximate surface area is 201 Å². The lowest BCUT2D eigenvalue weighted by Gasteiger charge is -2.13. The summed E-state index contributed by atoms with van der Waals surface area (Å²) in [7, 11) is 4.64. The lowest BCUT2D eigenvalue weighted by molar-refractivity contribution is 0.0977. The number of carbonyl (C=O) groups excluding carboxylic acids is 1. The molecule has 4 aromatic rings. The van der Waals surface area contributed by atoms with Gasteiger partial charge in [0.15, 0.2) is 10.7 Å². The van der Waals surface area contributed by atoms with Gasteiger partial charge in [-0.3, -0.25) is 10.1 Å². The van der Waals surface area contributed by atoms with Gasteiger partial charge in [-0.25, -0.2) is 4.98 Å². The summed E-state index contributed by atoms with van der Waals surface area (Å²) in [5, 5.41) is 5.91. The average molecular weight is 478 g/mol. The summed E-state index contributed by atoms with van der Waals surface area (Å²) in [6.45, 7) is 1.93. The third-order valence-corrected chi connectivity index (χ3v) is 5.37. The third kappa shape index (κ3) is 4.94. The van der Waals surface area contributed by atoms with Crippen molar-refractivity contribution in [2.24, 2.45) is 0 Å². The van der Waals surface area contributed by atoms with Crippen molar-refractivity contribution in [2.45, 2.75) is 6.92 Å². The van der Waals surface area contributed by atoms with Crippen molar-refractivity contribution in [3.63, 3.8) is 0 Å². The Kier molecular flexibility index (Phi) is 6.65. The number of thiocarbonyl (C=S) groups is 1.